The third kappa shape index (κ3) is 3.53. The molecule has 3 heterocycles. The predicted molar refractivity (Wildman–Crippen MR) is 92.0 cm³/mol. The number of likely N-dealkylation sites (tertiary alicyclic amines) is 1. The fourth-order valence-corrected chi connectivity index (χ4v) is 2.81. The minimum atomic E-state index is -0.472. The van der Waals surface area contributed by atoms with Crippen molar-refractivity contribution in [2.75, 3.05) is 13.1 Å². The number of pyridine rings is 1. The first-order valence-electron chi connectivity index (χ1n) is 7.87. The van der Waals surface area contributed by atoms with Gasteiger partial charge in [-0.1, -0.05) is 11.6 Å². The molecule has 2 aromatic heterocycles. The van der Waals surface area contributed by atoms with Gasteiger partial charge in [0.25, 0.3) is 0 Å². The third-order valence-electron chi connectivity index (χ3n) is 3.88. The van der Waals surface area contributed by atoms with Gasteiger partial charge >= 0.3 is 6.09 Å². The van der Waals surface area contributed by atoms with Crippen molar-refractivity contribution in [2.45, 2.75) is 39.3 Å². The maximum Gasteiger partial charge on any atom is 0.410 e. The second-order valence-electron chi connectivity index (χ2n) is 7.07. The summed E-state index contributed by atoms with van der Waals surface area (Å²) >= 11 is 5.90. The quantitative estimate of drug-likeness (QED) is 0.776. The SMILES string of the molecule is Cc1cc(Cl)ncc1-c1cnn(C2CN(C(=O)OC(C)(C)C)C2)c1. The van der Waals surface area contributed by atoms with E-state index in [0.717, 1.165) is 16.7 Å². The molecule has 1 saturated heterocycles. The van der Waals surface area contributed by atoms with Crippen LogP contribution in [0.15, 0.2) is 24.7 Å². The van der Waals surface area contributed by atoms with Crippen molar-refractivity contribution in [3.8, 4) is 11.1 Å². The molecule has 1 amide bonds. The molecule has 0 N–H and O–H groups in total. The maximum absolute atomic E-state index is 12.0. The van der Waals surface area contributed by atoms with Gasteiger partial charge in [-0.2, -0.15) is 5.10 Å². The summed E-state index contributed by atoms with van der Waals surface area (Å²) in [5.41, 5.74) is 2.58. The third-order valence-corrected chi connectivity index (χ3v) is 4.08. The summed E-state index contributed by atoms with van der Waals surface area (Å²) < 4.78 is 7.26. The molecule has 1 aliphatic heterocycles. The molecule has 24 heavy (non-hydrogen) atoms. The summed E-state index contributed by atoms with van der Waals surface area (Å²) in [5.74, 6) is 0. The van der Waals surface area contributed by atoms with Crippen molar-refractivity contribution in [1.29, 1.82) is 0 Å². The molecule has 128 valence electrons. The Morgan fingerprint density at radius 3 is 2.67 bits per heavy atom. The Labute approximate surface area is 146 Å². The molecule has 0 saturated carbocycles. The predicted octanol–water partition coefficient (Wildman–Crippen LogP) is 3.70. The number of nitrogens with zero attached hydrogens (tertiary/aromatic N) is 4. The van der Waals surface area contributed by atoms with E-state index in [1.54, 1.807) is 11.1 Å². The molecule has 2 aromatic rings. The van der Waals surface area contributed by atoms with Crippen LogP contribution in [0.2, 0.25) is 5.15 Å². The van der Waals surface area contributed by atoms with E-state index < -0.39 is 5.60 Å². The molecule has 1 fully saturated rings. The van der Waals surface area contributed by atoms with Gasteiger partial charge in [0.05, 0.1) is 12.2 Å². The number of aryl methyl sites for hydroxylation is 1. The average Bonchev–Trinajstić information content (AvgIpc) is 2.83. The first-order valence-corrected chi connectivity index (χ1v) is 8.25. The molecule has 0 radical (unpaired) electrons. The highest BCUT2D eigenvalue weighted by Crippen LogP contribution is 2.28. The molecule has 6 nitrogen and oxygen atoms in total. The smallest absolute Gasteiger partial charge is 0.410 e. The van der Waals surface area contributed by atoms with Crippen molar-refractivity contribution in [3.63, 3.8) is 0 Å². The van der Waals surface area contributed by atoms with E-state index in [4.69, 9.17) is 16.3 Å². The molecule has 0 atom stereocenters. The van der Waals surface area contributed by atoms with Crippen molar-refractivity contribution in [2.24, 2.45) is 0 Å². The molecule has 0 unspecified atom stereocenters. The van der Waals surface area contributed by atoms with Gasteiger partial charge in [-0.15, -0.1) is 0 Å². The molecule has 3 rings (SSSR count). The first-order chi connectivity index (χ1) is 11.2. The van der Waals surface area contributed by atoms with Crippen LogP contribution in [0.25, 0.3) is 11.1 Å². The van der Waals surface area contributed by atoms with Gasteiger partial charge < -0.3 is 9.64 Å². The number of carbonyl (C=O) groups is 1. The zero-order chi connectivity index (χ0) is 17.5. The Balaban J connectivity index is 1.65. The number of aromatic nitrogens is 3. The molecular weight excluding hydrogens is 328 g/mol. The normalized spacial score (nSPS) is 15.3. The molecule has 0 aromatic carbocycles. The Hall–Kier alpha value is -2.08. The molecule has 0 bridgehead atoms. The standard InChI is InChI=1S/C17H21ClN4O2/c1-11-5-15(18)19-7-14(11)12-6-20-22(8-12)13-9-21(10-13)16(23)24-17(2,3)4/h5-8,13H,9-10H2,1-4H3. The van der Waals surface area contributed by atoms with Crippen LogP contribution in [0.4, 0.5) is 4.79 Å². The van der Waals surface area contributed by atoms with Gasteiger partial charge in [-0.05, 0) is 39.3 Å². The Bertz CT molecular complexity index is 760. The van der Waals surface area contributed by atoms with Crippen molar-refractivity contribution < 1.29 is 9.53 Å². The van der Waals surface area contributed by atoms with E-state index in [9.17, 15) is 4.79 Å². The first kappa shape index (κ1) is 16.8. The molecule has 1 aliphatic rings. The highest BCUT2D eigenvalue weighted by Gasteiger charge is 2.35. The van der Waals surface area contributed by atoms with E-state index >= 15 is 0 Å². The van der Waals surface area contributed by atoms with Crippen LogP contribution < -0.4 is 0 Å². The second-order valence-corrected chi connectivity index (χ2v) is 7.46. The second kappa shape index (κ2) is 6.09. The monoisotopic (exact) mass is 348 g/mol. The highest BCUT2D eigenvalue weighted by molar-refractivity contribution is 6.29. The number of rotatable bonds is 2. The van der Waals surface area contributed by atoms with Gasteiger partial charge in [0, 0.05) is 36.6 Å². The van der Waals surface area contributed by atoms with E-state index in [2.05, 4.69) is 10.1 Å². The number of ether oxygens (including phenoxy) is 1. The van der Waals surface area contributed by atoms with Crippen LogP contribution in [0.5, 0.6) is 0 Å². The van der Waals surface area contributed by atoms with Gasteiger partial charge in [-0.3, -0.25) is 4.68 Å². The molecular formula is C17H21ClN4O2. The van der Waals surface area contributed by atoms with E-state index in [1.807, 2.05) is 50.8 Å². The van der Waals surface area contributed by atoms with Crippen LogP contribution in [0.1, 0.15) is 32.4 Å². The minimum Gasteiger partial charge on any atom is -0.444 e. The summed E-state index contributed by atoms with van der Waals surface area (Å²) in [5, 5.41) is 4.91. The topological polar surface area (TPSA) is 60.2 Å². The minimum absolute atomic E-state index is 0.173. The number of hydrogen-bond acceptors (Lipinski definition) is 4. The van der Waals surface area contributed by atoms with Gasteiger partial charge in [-0.25, -0.2) is 9.78 Å². The largest absolute Gasteiger partial charge is 0.444 e. The fourth-order valence-electron chi connectivity index (χ4n) is 2.60. The van der Waals surface area contributed by atoms with Crippen LogP contribution in [-0.4, -0.2) is 44.4 Å². The number of carbonyl (C=O) groups excluding carboxylic acids is 1. The molecule has 7 heteroatoms. The van der Waals surface area contributed by atoms with Crippen LogP contribution >= 0.6 is 11.6 Å². The lowest BCUT2D eigenvalue weighted by molar-refractivity contribution is -0.000380. The van der Waals surface area contributed by atoms with E-state index in [0.29, 0.717) is 18.2 Å². The van der Waals surface area contributed by atoms with Crippen LogP contribution in [0, 0.1) is 6.92 Å². The Kier molecular flexibility index (Phi) is 4.25. The van der Waals surface area contributed by atoms with Crippen LogP contribution in [0.3, 0.4) is 0 Å². The van der Waals surface area contributed by atoms with Gasteiger partial charge in [0.15, 0.2) is 0 Å². The van der Waals surface area contributed by atoms with Crippen LogP contribution in [-0.2, 0) is 4.74 Å². The van der Waals surface area contributed by atoms with Gasteiger partial charge in [0.1, 0.15) is 10.8 Å². The molecule has 0 spiro atoms. The lowest BCUT2D eigenvalue weighted by Crippen LogP contribution is -2.52. The zero-order valence-corrected chi connectivity index (χ0v) is 15.0. The highest BCUT2D eigenvalue weighted by atomic mass is 35.5. The number of amides is 1. The van der Waals surface area contributed by atoms with E-state index in [-0.39, 0.29) is 12.1 Å². The summed E-state index contributed by atoms with van der Waals surface area (Å²) in [4.78, 5) is 17.8. The lowest BCUT2D eigenvalue weighted by Gasteiger charge is -2.39. The average molecular weight is 349 g/mol. The van der Waals surface area contributed by atoms with E-state index in [1.165, 1.54) is 0 Å². The lowest BCUT2D eigenvalue weighted by atomic mass is 10.1. The fraction of sp³-hybridized carbons (Fsp3) is 0.471. The van der Waals surface area contributed by atoms with Crippen molar-refractivity contribution >= 4 is 17.7 Å². The number of hydrogen-bond donors (Lipinski definition) is 0. The summed E-state index contributed by atoms with van der Waals surface area (Å²) in [6, 6.07) is 2.01. The number of halogens is 1. The van der Waals surface area contributed by atoms with Gasteiger partial charge in [0.2, 0.25) is 0 Å². The molecule has 0 aliphatic carbocycles. The Morgan fingerprint density at radius 2 is 2.04 bits per heavy atom. The summed E-state index contributed by atoms with van der Waals surface area (Å²) in [6.45, 7) is 8.80. The zero-order valence-electron chi connectivity index (χ0n) is 14.3. The van der Waals surface area contributed by atoms with Crippen molar-refractivity contribution in [1.82, 2.24) is 19.7 Å². The van der Waals surface area contributed by atoms with Crippen molar-refractivity contribution in [3.05, 3.63) is 35.4 Å². The summed E-state index contributed by atoms with van der Waals surface area (Å²) in [7, 11) is 0. The maximum atomic E-state index is 12.0. The Morgan fingerprint density at radius 1 is 1.33 bits per heavy atom. The summed E-state index contributed by atoms with van der Waals surface area (Å²) in [6.07, 6.45) is 5.28.